The maximum atomic E-state index is 12.7. The predicted octanol–water partition coefficient (Wildman–Crippen LogP) is 2.86. The van der Waals surface area contributed by atoms with E-state index >= 15 is 0 Å². The van der Waals surface area contributed by atoms with E-state index in [1.807, 2.05) is 24.3 Å². The molecule has 1 aromatic carbocycles. The summed E-state index contributed by atoms with van der Waals surface area (Å²) in [6.45, 7) is 1.16. The zero-order valence-corrected chi connectivity index (χ0v) is 16.2. The second kappa shape index (κ2) is 9.62. The van der Waals surface area contributed by atoms with Gasteiger partial charge in [-0.05, 0) is 43.7 Å². The molecule has 0 aromatic heterocycles. The van der Waals surface area contributed by atoms with Crippen LogP contribution in [0, 0.1) is 0 Å². The number of hydrogen-bond donors (Lipinski definition) is 2. The van der Waals surface area contributed by atoms with E-state index < -0.39 is 0 Å². The molecule has 3 rings (SSSR count). The van der Waals surface area contributed by atoms with Crippen molar-refractivity contribution in [2.75, 3.05) is 20.2 Å². The molecule has 2 aliphatic rings. The molecule has 1 saturated heterocycles. The number of hydrogen-bond acceptors (Lipinski definition) is 3. The van der Waals surface area contributed by atoms with Crippen LogP contribution in [0.15, 0.2) is 24.3 Å². The van der Waals surface area contributed by atoms with E-state index in [1.165, 1.54) is 19.3 Å². The van der Waals surface area contributed by atoms with Gasteiger partial charge in [0.15, 0.2) is 0 Å². The maximum absolute atomic E-state index is 12.7. The van der Waals surface area contributed by atoms with Gasteiger partial charge in [0.2, 0.25) is 5.91 Å². The lowest BCUT2D eigenvalue weighted by Crippen LogP contribution is -2.51. The average molecular weight is 373 g/mol. The van der Waals surface area contributed by atoms with Gasteiger partial charge < -0.3 is 20.3 Å². The van der Waals surface area contributed by atoms with Gasteiger partial charge in [0.25, 0.3) is 0 Å². The molecular formula is C21H31N3O3. The first kappa shape index (κ1) is 19.5. The van der Waals surface area contributed by atoms with E-state index in [2.05, 4.69) is 10.6 Å². The Hall–Kier alpha value is -2.24. The highest BCUT2D eigenvalue weighted by Crippen LogP contribution is 2.21. The van der Waals surface area contributed by atoms with Crippen LogP contribution in [0.25, 0.3) is 0 Å². The van der Waals surface area contributed by atoms with E-state index in [0.717, 1.165) is 37.0 Å². The van der Waals surface area contributed by atoms with Gasteiger partial charge in [-0.2, -0.15) is 0 Å². The smallest absolute Gasteiger partial charge is 0.318 e. The number of methoxy groups -OCH3 is 1. The third-order valence-electron chi connectivity index (χ3n) is 5.63. The van der Waals surface area contributed by atoms with Crippen molar-refractivity contribution in [3.8, 4) is 5.75 Å². The Bertz CT molecular complexity index is 643. The number of para-hydroxylation sites is 1. The van der Waals surface area contributed by atoms with Gasteiger partial charge in [0.05, 0.1) is 7.11 Å². The van der Waals surface area contributed by atoms with Crippen molar-refractivity contribution in [3.05, 3.63) is 29.8 Å². The molecule has 2 N–H and O–H groups in total. The normalized spacial score (nSPS) is 20.3. The van der Waals surface area contributed by atoms with E-state index in [4.69, 9.17) is 4.74 Å². The highest BCUT2D eigenvalue weighted by Gasteiger charge is 2.34. The molecule has 0 radical (unpaired) electrons. The van der Waals surface area contributed by atoms with E-state index in [0.29, 0.717) is 19.5 Å². The number of carbonyl (C=O) groups excluding carboxylic acids is 2. The first-order chi connectivity index (χ1) is 13.2. The molecule has 1 atom stereocenters. The summed E-state index contributed by atoms with van der Waals surface area (Å²) in [6.07, 6.45) is 8.07. The lowest BCUT2D eigenvalue weighted by atomic mass is 9.95. The molecule has 1 unspecified atom stereocenters. The molecule has 0 spiro atoms. The Morgan fingerprint density at radius 3 is 2.67 bits per heavy atom. The monoisotopic (exact) mass is 373 g/mol. The van der Waals surface area contributed by atoms with Crippen molar-refractivity contribution in [1.82, 2.24) is 15.5 Å². The quantitative estimate of drug-likeness (QED) is 0.805. The summed E-state index contributed by atoms with van der Waals surface area (Å²) in [5.41, 5.74) is 1.06. The van der Waals surface area contributed by atoms with E-state index in [-0.39, 0.29) is 24.0 Å². The summed E-state index contributed by atoms with van der Waals surface area (Å²) in [5.74, 6) is 0.844. The molecular weight excluding hydrogens is 342 g/mol. The van der Waals surface area contributed by atoms with Gasteiger partial charge in [-0.25, -0.2) is 4.79 Å². The fourth-order valence-corrected chi connectivity index (χ4v) is 4.14. The minimum Gasteiger partial charge on any atom is -0.496 e. The SMILES string of the molecule is COc1ccccc1CCNC(=O)N1CCCC1C(=O)NC1CCCCC1. The first-order valence-corrected chi connectivity index (χ1v) is 10.2. The first-order valence-electron chi connectivity index (χ1n) is 10.2. The van der Waals surface area contributed by atoms with Crippen LogP contribution in [-0.2, 0) is 11.2 Å². The molecule has 27 heavy (non-hydrogen) atoms. The third-order valence-corrected chi connectivity index (χ3v) is 5.63. The highest BCUT2D eigenvalue weighted by molar-refractivity contribution is 5.87. The third kappa shape index (κ3) is 5.15. The van der Waals surface area contributed by atoms with Gasteiger partial charge >= 0.3 is 6.03 Å². The molecule has 6 nitrogen and oxygen atoms in total. The molecule has 1 aliphatic heterocycles. The maximum Gasteiger partial charge on any atom is 0.318 e. The molecule has 6 heteroatoms. The number of amides is 3. The average Bonchev–Trinajstić information content (AvgIpc) is 3.19. The minimum absolute atomic E-state index is 0.0132. The summed E-state index contributed by atoms with van der Waals surface area (Å²) in [5, 5.41) is 6.13. The standard InChI is InChI=1S/C21H31N3O3/c1-27-19-12-6-5-8-16(19)13-14-22-21(26)24-15-7-11-18(24)20(25)23-17-9-3-2-4-10-17/h5-6,8,12,17-18H,2-4,7,9-11,13-15H2,1H3,(H,22,26)(H,23,25). The number of urea groups is 1. The van der Waals surface area contributed by atoms with Crippen LogP contribution in [0.3, 0.4) is 0 Å². The molecule has 1 aromatic rings. The second-order valence-electron chi connectivity index (χ2n) is 7.49. The number of rotatable bonds is 6. The van der Waals surface area contributed by atoms with Crippen molar-refractivity contribution in [2.24, 2.45) is 0 Å². The van der Waals surface area contributed by atoms with Crippen LogP contribution in [0.1, 0.15) is 50.5 Å². The lowest BCUT2D eigenvalue weighted by molar-refractivity contribution is -0.125. The number of carbonyl (C=O) groups is 2. The predicted molar refractivity (Wildman–Crippen MR) is 105 cm³/mol. The summed E-state index contributed by atoms with van der Waals surface area (Å²) in [6, 6.07) is 7.61. The van der Waals surface area contributed by atoms with E-state index in [9.17, 15) is 9.59 Å². The van der Waals surface area contributed by atoms with Gasteiger partial charge in [-0.15, -0.1) is 0 Å². The zero-order valence-electron chi connectivity index (χ0n) is 16.2. The Kier molecular flexibility index (Phi) is 6.96. The number of likely N-dealkylation sites (tertiary alicyclic amines) is 1. The number of nitrogens with zero attached hydrogens (tertiary/aromatic N) is 1. The lowest BCUT2D eigenvalue weighted by Gasteiger charge is -2.28. The van der Waals surface area contributed by atoms with Gasteiger partial charge in [0, 0.05) is 19.1 Å². The van der Waals surface area contributed by atoms with Gasteiger partial charge in [-0.3, -0.25) is 4.79 Å². The Balaban J connectivity index is 1.48. The van der Waals surface area contributed by atoms with Crippen molar-refractivity contribution >= 4 is 11.9 Å². The molecule has 148 valence electrons. The fraction of sp³-hybridized carbons (Fsp3) is 0.619. The second-order valence-corrected chi connectivity index (χ2v) is 7.49. The van der Waals surface area contributed by atoms with Crippen molar-refractivity contribution in [2.45, 2.75) is 63.5 Å². The summed E-state index contributed by atoms with van der Waals surface area (Å²) in [4.78, 5) is 27.0. The van der Waals surface area contributed by atoms with Crippen molar-refractivity contribution < 1.29 is 14.3 Å². The molecule has 1 aliphatic carbocycles. The van der Waals surface area contributed by atoms with Crippen LogP contribution in [-0.4, -0.2) is 49.1 Å². The molecule has 0 bridgehead atoms. The van der Waals surface area contributed by atoms with Gasteiger partial charge in [-0.1, -0.05) is 37.5 Å². The van der Waals surface area contributed by atoms with Gasteiger partial charge in [0.1, 0.15) is 11.8 Å². The van der Waals surface area contributed by atoms with E-state index in [1.54, 1.807) is 12.0 Å². The molecule has 3 amide bonds. The highest BCUT2D eigenvalue weighted by atomic mass is 16.5. The Morgan fingerprint density at radius 1 is 1.11 bits per heavy atom. The number of ether oxygens (including phenoxy) is 1. The molecule has 1 saturated carbocycles. The number of benzene rings is 1. The largest absolute Gasteiger partial charge is 0.496 e. The summed E-state index contributed by atoms with van der Waals surface area (Å²) in [7, 11) is 1.65. The minimum atomic E-state index is -0.335. The van der Waals surface area contributed by atoms with Crippen LogP contribution < -0.4 is 15.4 Å². The van der Waals surface area contributed by atoms with Crippen LogP contribution in [0.4, 0.5) is 4.79 Å². The van der Waals surface area contributed by atoms with Crippen LogP contribution in [0.2, 0.25) is 0 Å². The summed E-state index contributed by atoms with van der Waals surface area (Å²) >= 11 is 0. The summed E-state index contributed by atoms with van der Waals surface area (Å²) < 4.78 is 5.35. The Labute approximate surface area is 161 Å². The van der Waals surface area contributed by atoms with Crippen molar-refractivity contribution in [3.63, 3.8) is 0 Å². The Morgan fingerprint density at radius 2 is 1.89 bits per heavy atom. The fourth-order valence-electron chi connectivity index (χ4n) is 4.14. The number of nitrogens with one attached hydrogen (secondary N) is 2. The van der Waals surface area contributed by atoms with Crippen molar-refractivity contribution in [1.29, 1.82) is 0 Å². The van der Waals surface area contributed by atoms with Crippen LogP contribution >= 0.6 is 0 Å². The molecule has 2 fully saturated rings. The van der Waals surface area contributed by atoms with Crippen LogP contribution in [0.5, 0.6) is 5.75 Å². The topological polar surface area (TPSA) is 70.7 Å². The molecule has 1 heterocycles. The zero-order chi connectivity index (χ0) is 19.1.